The zero-order chi connectivity index (χ0) is 29.4. The fourth-order valence-electron chi connectivity index (χ4n) is 7.88. The molecule has 1 N–H and O–H groups in total. The van der Waals surface area contributed by atoms with Gasteiger partial charge in [-0.2, -0.15) is 4.31 Å². The van der Waals surface area contributed by atoms with Crippen LogP contribution in [0.15, 0.2) is 74.9 Å². The Kier molecular flexibility index (Phi) is 6.40. The van der Waals surface area contributed by atoms with Crippen molar-refractivity contribution in [3.05, 3.63) is 82.2 Å². The Balaban J connectivity index is 1.31. The molecule has 4 aliphatic rings. The number of nitrogens with zero attached hydrogens (tertiary/aromatic N) is 2. The second kappa shape index (κ2) is 9.70. The zero-order valence-electron chi connectivity index (χ0n) is 23.2. The summed E-state index contributed by atoms with van der Waals surface area (Å²) in [5.74, 6) is 0.955. The molecule has 2 bridgehead atoms. The van der Waals surface area contributed by atoms with Gasteiger partial charge in [0, 0.05) is 35.3 Å². The lowest BCUT2D eigenvalue weighted by atomic mass is 9.48. The van der Waals surface area contributed by atoms with Gasteiger partial charge in [0.1, 0.15) is 6.10 Å². The SMILES string of the molecule is COc1ccc2c3c1O[C@H]1[C@H](N(C)C(=O)/C=C/c4ccoc4)CC[C@@]4(O)[C@@H](C2)N(S(=O)(=O)c2ccc(Br)cc2)CC[C@]314. The molecule has 7 rings (SSSR count). The summed E-state index contributed by atoms with van der Waals surface area (Å²) >= 11 is 3.38. The van der Waals surface area contributed by atoms with Crippen LogP contribution in [-0.2, 0) is 26.7 Å². The van der Waals surface area contributed by atoms with Crippen LogP contribution in [0, 0.1) is 0 Å². The number of sulfonamides is 1. The number of carbonyl (C=O) groups is 1. The molecule has 2 aliphatic heterocycles. The Morgan fingerprint density at radius 2 is 1.98 bits per heavy atom. The van der Waals surface area contributed by atoms with Crippen molar-refractivity contribution in [2.45, 2.75) is 59.8 Å². The summed E-state index contributed by atoms with van der Waals surface area (Å²) in [4.78, 5) is 15.2. The summed E-state index contributed by atoms with van der Waals surface area (Å²) in [6.07, 6.45) is 7.19. The number of ether oxygens (including phenoxy) is 2. The highest BCUT2D eigenvalue weighted by atomic mass is 79.9. The molecular weight excluding hydrogens is 624 g/mol. The van der Waals surface area contributed by atoms with Crippen LogP contribution in [0.5, 0.6) is 11.5 Å². The molecule has 3 heterocycles. The summed E-state index contributed by atoms with van der Waals surface area (Å²) in [7, 11) is -0.565. The monoisotopic (exact) mass is 654 g/mol. The number of hydrogen-bond acceptors (Lipinski definition) is 7. The number of likely N-dealkylation sites (N-methyl/N-ethyl adjacent to an activating group) is 1. The van der Waals surface area contributed by atoms with E-state index in [9.17, 15) is 18.3 Å². The van der Waals surface area contributed by atoms with E-state index in [0.717, 1.165) is 21.2 Å². The Hall–Kier alpha value is -3.12. The van der Waals surface area contributed by atoms with Gasteiger partial charge in [-0.1, -0.05) is 22.0 Å². The maximum atomic E-state index is 14.0. The van der Waals surface area contributed by atoms with Crippen molar-refractivity contribution in [3.8, 4) is 11.5 Å². The molecule has 42 heavy (non-hydrogen) atoms. The number of methoxy groups -OCH3 is 1. The molecule has 2 aliphatic carbocycles. The first-order chi connectivity index (χ1) is 20.1. The van der Waals surface area contributed by atoms with Gasteiger partial charge in [-0.25, -0.2) is 8.42 Å². The first kappa shape index (κ1) is 27.7. The second-order valence-electron chi connectivity index (χ2n) is 11.5. The van der Waals surface area contributed by atoms with Crippen molar-refractivity contribution in [2.24, 2.45) is 0 Å². The van der Waals surface area contributed by atoms with Crippen LogP contribution in [0.1, 0.15) is 36.0 Å². The molecule has 1 aromatic heterocycles. The van der Waals surface area contributed by atoms with Crippen molar-refractivity contribution < 1.29 is 32.2 Å². The molecule has 1 saturated heterocycles. The van der Waals surface area contributed by atoms with Gasteiger partial charge in [0.15, 0.2) is 11.5 Å². The summed E-state index contributed by atoms with van der Waals surface area (Å²) < 4.78 is 47.9. The maximum Gasteiger partial charge on any atom is 0.246 e. The lowest BCUT2D eigenvalue weighted by molar-refractivity contribution is -0.186. The molecule has 9 nitrogen and oxygen atoms in total. The Morgan fingerprint density at radius 3 is 2.69 bits per heavy atom. The highest BCUT2D eigenvalue weighted by Crippen LogP contribution is 2.66. The first-order valence-corrected chi connectivity index (χ1v) is 16.2. The van der Waals surface area contributed by atoms with Crippen LogP contribution in [-0.4, -0.2) is 73.1 Å². The van der Waals surface area contributed by atoms with Crippen LogP contribution in [0.25, 0.3) is 6.08 Å². The molecule has 1 saturated carbocycles. The van der Waals surface area contributed by atoms with Gasteiger partial charge in [0.2, 0.25) is 15.9 Å². The van der Waals surface area contributed by atoms with E-state index in [0.29, 0.717) is 37.2 Å². The molecule has 0 unspecified atom stereocenters. The smallest absolute Gasteiger partial charge is 0.246 e. The van der Waals surface area contributed by atoms with E-state index in [1.54, 1.807) is 68.0 Å². The molecule has 220 valence electrons. The molecule has 2 fully saturated rings. The molecule has 3 aromatic rings. The number of piperidine rings is 1. The van der Waals surface area contributed by atoms with Crippen molar-refractivity contribution >= 4 is 37.9 Å². The third-order valence-corrected chi connectivity index (χ3v) is 12.3. The van der Waals surface area contributed by atoms with Gasteiger partial charge >= 0.3 is 0 Å². The Labute approximate surface area is 252 Å². The van der Waals surface area contributed by atoms with Crippen molar-refractivity contribution in [2.75, 3.05) is 20.7 Å². The second-order valence-corrected chi connectivity index (χ2v) is 14.4. The number of benzene rings is 2. The number of halogens is 1. The summed E-state index contributed by atoms with van der Waals surface area (Å²) in [5.41, 5.74) is 0.295. The van der Waals surface area contributed by atoms with E-state index in [2.05, 4.69) is 15.9 Å². The van der Waals surface area contributed by atoms with E-state index >= 15 is 0 Å². The van der Waals surface area contributed by atoms with Gasteiger partial charge in [-0.3, -0.25) is 4.79 Å². The van der Waals surface area contributed by atoms with Crippen molar-refractivity contribution in [3.63, 3.8) is 0 Å². The summed E-state index contributed by atoms with van der Waals surface area (Å²) in [6, 6.07) is 11.1. The number of amides is 1. The highest BCUT2D eigenvalue weighted by molar-refractivity contribution is 9.10. The van der Waals surface area contributed by atoms with Crippen molar-refractivity contribution in [1.29, 1.82) is 0 Å². The average Bonchev–Trinajstić information content (AvgIpc) is 3.61. The maximum absolute atomic E-state index is 14.0. The van der Waals surface area contributed by atoms with Crippen LogP contribution >= 0.6 is 15.9 Å². The first-order valence-electron chi connectivity index (χ1n) is 14.0. The lowest BCUT2D eigenvalue weighted by Crippen LogP contribution is -2.78. The van der Waals surface area contributed by atoms with Gasteiger partial charge in [0.25, 0.3) is 0 Å². The molecule has 2 aromatic carbocycles. The third-order valence-electron chi connectivity index (χ3n) is 9.81. The normalized spacial score (nSPS) is 29.7. The Morgan fingerprint density at radius 1 is 1.19 bits per heavy atom. The van der Waals surface area contributed by atoms with E-state index in [1.807, 2.05) is 12.1 Å². The van der Waals surface area contributed by atoms with Gasteiger partial charge < -0.3 is 23.9 Å². The predicted octanol–water partition coefficient (Wildman–Crippen LogP) is 4.13. The molecule has 1 amide bonds. The average molecular weight is 656 g/mol. The number of carbonyl (C=O) groups excluding carboxylic acids is 1. The number of hydrogen-bond donors (Lipinski definition) is 1. The fraction of sp³-hybridized carbons (Fsp3) is 0.387. The van der Waals surface area contributed by atoms with E-state index in [-0.39, 0.29) is 23.4 Å². The van der Waals surface area contributed by atoms with Crippen LogP contribution in [0.2, 0.25) is 0 Å². The van der Waals surface area contributed by atoms with Gasteiger partial charge in [-0.05, 0) is 73.7 Å². The van der Waals surface area contributed by atoms with E-state index in [4.69, 9.17) is 13.9 Å². The van der Waals surface area contributed by atoms with Gasteiger partial charge in [0.05, 0.1) is 47.6 Å². The molecular formula is C31H31BrN2O7S. The minimum Gasteiger partial charge on any atom is -0.493 e. The predicted molar refractivity (Wildman–Crippen MR) is 158 cm³/mol. The molecule has 1 spiro atoms. The topological polar surface area (TPSA) is 110 Å². The molecule has 0 radical (unpaired) electrons. The summed E-state index contributed by atoms with van der Waals surface area (Å²) in [6.45, 7) is 0.214. The minimum atomic E-state index is -3.90. The van der Waals surface area contributed by atoms with E-state index in [1.165, 1.54) is 10.4 Å². The minimum absolute atomic E-state index is 0.189. The number of furan rings is 1. The number of rotatable bonds is 6. The van der Waals surface area contributed by atoms with E-state index < -0.39 is 33.2 Å². The van der Waals surface area contributed by atoms with Crippen LogP contribution in [0.4, 0.5) is 0 Å². The van der Waals surface area contributed by atoms with Crippen LogP contribution in [0.3, 0.4) is 0 Å². The van der Waals surface area contributed by atoms with Crippen LogP contribution < -0.4 is 9.47 Å². The lowest BCUT2D eigenvalue weighted by Gasteiger charge is -2.64. The highest BCUT2D eigenvalue weighted by Gasteiger charge is 2.74. The molecule has 5 atom stereocenters. The Bertz CT molecular complexity index is 1690. The quantitative estimate of drug-likeness (QED) is 0.398. The third kappa shape index (κ3) is 3.73. The summed E-state index contributed by atoms with van der Waals surface area (Å²) in [5, 5.41) is 12.8. The van der Waals surface area contributed by atoms with Gasteiger partial charge in [-0.15, -0.1) is 0 Å². The standard InChI is InChI=1S/C31H31BrN2O7S/c1-33(26(35)10-3-19-12-16-40-18-19)23-11-13-31(36)25-17-20-4-9-24(39-2)28-27(20)30(31,29(23)41-28)14-15-34(25)42(37,38)22-7-5-21(32)6-8-22/h3-10,12,16,18,23,25,29,36H,11,13-15,17H2,1-2H3/b10-3+/t23-,25-,29+,30+,31-/m1/s1. The van der Waals surface area contributed by atoms with Crippen molar-refractivity contribution in [1.82, 2.24) is 9.21 Å². The largest absolute Gasteiger partial charge is 0.493 e. The zero-order valence-corrected chi connectivity index (χ0v) is 25.6. The molecule has 11 heteroatoms. The fourth-order valence-corrected chi connectivity index (χ4v) is 9.81. The number of aliphatic hydroxyl groups is 1.